The molecule has 1 saturated heterocycles. The zero-order valence-electron chi connectivity index (χ0n) is 14.5. The summed E-state index contributed by atoms with van der Waals surface area (Å²) in [5, 5.41) is 8.59. The van der Waals surface area contributed by atoms with Crippen molar-refractivity contribution in [1.29, 1.82) is 0 Å². The molecule has 0 spiro atoms. The molecule has 2 fully saturated rings. The van der Waals surface area contributed by atoms with Crippen molar-refractivity contribution < 1.29 is 19.5 Å². The molecular formula is C18H30N2O4. The van der Waals surface area contributed by atoms with E-state index in [-0.39, 0.29) is 18.2 Å². The molecule has 136 valence electrons. The highest BCUT2D eigenvalue weighted by Crippen LogP contribution is 2.27. The van der Waals surface area contributed by atoms with Gasteiger partial charge in [0.25, 0.3) is 0 Å². The number of carbonyl (C=O) groups excluding carboxylic acids is 2. The van der Waals surface area contributed by atoms with E-state index in [2.05, 4.69) is 0 Å². The normalized spacial score (nSPS) is 19.3. The Morgan fingerprint density at radius 3 is 1.92 bits per heavy atom. The summed E-state index contributed by atoms with van der Waals surface area (Å²) >= 11 is 0. The molecule has 24 heavy (non-hydrogen) atoms. The molecule has 0 aromatic rings. The Labute approximate surface area is 144 Å². The van der Waals surface area contributed by atoms with E-state index in [1.54, 1.807) is 0 Å². The van der Waals surface area contributed by atoms with Crippen molar-refractivity contribution >= 4 is 17.8 Å². The lowest BCUT2D eigenvalue weighted by atomic mass is 9.86. The lowest BCUT2D eigenvalue weighted by molar-refractivity contribution is -0.140. The van der Waals surface area contributed by atoms with Gasteiger partial charge in [0, 0.05) is 45.4 Å². The van der Waals surface area contributed by atoms with E-state index in [1.165, 1.54) is 32.1 Å². The zero-order valence-corrected chi connectivity index (χ0v) is 14.5. The molecule has 1 N–H and O–H groups in total. The summed E-state index contributed by atoms with van der Waals surface area (Å²) in [5.41, 5.74) is 0. The van der Waals surface area contributed by atoms with Crippen LogP contribution >= 0.6 is 0 Å². The number of carboxylic acids is 1. The molecular weight excluding hydrogens is 308 g/mol. The van der Waals surface area contributed by atoms with E-state index in [9.17, 15) is 14.4 Å². The number of aliphatic carboxylic acids is 1. The van der Waals surface area contributed by atoms with Crippen LogP contribution in [0.4, 0.5) is 0 Å². The number of nitrogens with zero attached hydrogens (tertiary/aromatic N) is 2. The molecule has 2 aliphatic rings. The van der Waals surface area contributed by atoms with Gasteiger partial charge in [0.15, 0.2) is 0 Å². The number of amides is 2. The molecule has 1 heterocycles. The van der Waals surface area contributed by atoms with Crippen molar-refractivity contribution in [2.24, 2.45) is 5.92 Å². The molecule has 2 amide bonds. The predicted octanol–water partition coefficient (Wildman–Crippen LogP) is 2.27. The molecule has 0 bridgehead atoms. The molecule has 0 unspecified atom stereocenters. The van der Waals surface area contributed by atoms with Crippen molar-refractivity contribution in [3.8, 4) is 0 Å². The van der Waals surface area contributed by atoms with Gasteiger partial charge >= 0.3 is 5.97 Å². The van der Waals surface area contributed by atoms with Crippen LogP contribution in [-0.2, 0) is 14.4 Å². The highest BCUT2D eigenvalue weighted by molar-refractivity contribution is 5.78. The minimum atomic E-state index is -0.812. The number of hydrogen-bond donors (Lipinski definition) is 1. The predicted molar refractivity (Wildman–Crippen MR) is 90.5 cm³/mol. The number of carbonyl (C=O) groups is 3. The Balaban J connectivity index is 1.63. The summed E-state index contributed by atoms with van der Waals surface area (Å²) in [7, 11) is 0. The van der Waals surface area contributed by atoms with Crippen molar-refractivity contribution in [3.05, 3.63) is 0 Å². The summed E-state index contributed by atoms with van der Waals surface area (Å²) in [5.74, 6) is 0.0721. The average Bonchev–Trinajstić information content (AvgIpc) is 2.59. The molecule has 0 aromatic heterocycles. The second-order valence-corrected chi connectivity index (χ2v) is 7.07. The minimum Gasteiger partial charge on any atom is -0.481 e. The van der Waals surface area contributed by atoms with Gasteiger partial charge in [-0.1, -0.05) is 19.3 Å². The van der Waals surface area contributed by atoms with Crippen LogP contribution in [0.3, 0.4) is 0 Å². The fraction of sp³-hybridized carbons (Fsp3) is 0.833. The highest BCUT2D eigenvalue weighted by atomic mass is 16.4. The molecule has 0 atom stereocenters. The first kappa shape index (κ1) is 18.7. The Morgan fingerprint density at radius 2 is 1.33 bits per heavy atom. The van der Waals surface area contributed by atoms with Gasteiger partial charge in [0.05, 0.1) is 0 Å². The van der Waals surface area contributed by atoms with Crippen LogP contribution in [0.5, 0.6) is 0 Å². The maximum Gasteiger partial charge on any atom is 0.303 e. The fourth-order valence-corrected chi connectivity index (χ4v) is 3.68. The third-order valence-electron chi connectivity index (χ3n) is 5.20. The second kappa shape index (κ2) is 9.64. The first-order chi connectivity index (χ1) is 11.6. The summed E-state index contributed by atoms with van der Waals surface area (Å²) in [6.45, 7) is 2.47. The van der Waals surface area contributed by atoms with Crippen LogP contribution in [0.25, 0.3) is 0 Å². The SMILES string of the molecule is O=C(O)CCCCC(=O)N1CCN(C(=O)CC2CCCCC2)CC1. The lowest BCUT2D eigenvalue weighted by Crippen LogP contribution is -2.50. The molecule has 6 heteroatoms. The topological polar surface area (TPSA) is 77.9 Å². The van der Waals surface area contributed by atoms with Crippen LogP contribution in [-0.4, -0.2) is 58.9 Å². The number of carboxylic acid groups (broad SMARTS) is 1. The summed E-state index contributed by atoms with van der Waals surface area (Å²) in [6, 6.07) is 0. The van der Waals surface area contributed by atoms with Crippen LogP contribution in [0.2, 0.25) is 0 Å². The quantitative estimate of drug-likeness (QED) is 0.722. The van der Waals surface area contributed by atoms with Gasteiger partial charge < -0.3 is 14.9 Å². The van der Waals surface area contributed by atoms with Gasteiger partial charge in [0.2, 0.25) is 11.8 Å². The van der Waals surface area contributed by atoms with Crippen molar-refractivity contribution in [2.45, 2.75) is 64.2 Å². The highest BCUT2D eigenvalue weighted by Gasteiger charge is 2.26. The molecule has 1 aliphatic carbocycles. The van der Waals surface area contributed by atoms with Crippen LogP contribution in [0, 0.1) is 5.92 Å². The van der Waals surface area contributed by atoms with E-state index >= 15 is 0 Å². The van der Waals surface area contributed by atoms with Gasteiger partial charge in [0.1, 0.15) is 0 Å². The maximum absolute atomic E-state index is 12.4. The number of rotatable bonds is 7. The van der Waals surface area contributed by atoms with Crippen LogP contribution in [0.15, 0.2) is 0 Å². The van der Waals surface area contributed by atoms with Crippen molar-refractivity contribution in [2.75, 3.05) is 26.2 Å². The first-order valence-corrected chi connectivity index (χ1v) is 9.33. The van der Waals surface area contributed by atoms with Gasteiger partial charge in [-0.15, -0.1) is 0 Å². The second-order valence-electron chi connectivity index (χ2n) is 7.07. The molecule has 2 rings (SSSR count). The Morgan fingerprint density at radius 1 is 0.792 bits per heavy atom. The summed E-state index contributed by atoms with van der Waals surface area (Å²) in [6.07, 6.45) is 8.53. The number of unbranched alkanes of at least 4 members (excludes halogenated alkanes) is 1. The maximum atomic E-state index is 12.4. The Kier molecular flexibility index (Phi) is 7.53. The lowest BCUT2D eigenvalue weighted by Gasteiger charge is -2.35. The van der Waals surface area contributed by atoms with E-state index in [0.717, 1.165) is 0 Å². The van der Waals surface area contributed by atoms with E-state index < -0.39 is 5.97 Å². The van der Waals surface area contributed by atoms with Gasteiger partial charge in [-0.25, -0.2) is 0 Å². The minimum absolute atomic E-state index is 0.0831. The van der Waals surface area contributed by atoms with Crippen molar-refractivity contribution in [3.63, 3.8) is 0 Å². The van der Waals surface area contributed by atoms with Crippen molar-refractivity contribution in [1.82, 2.24) is 9.80 Å². The number of piperazine rings is 1. The van der Waals surface area contributed by atoms with E-state index in [1.807, 2.05) is 9.80 Å². The molecule has 0 aromatic carbocycles. The molecule has 0 radical (unpaired) electrons. The third kappa shape index (κ3) is 6.13. The first-order valence-electron chi connectivity index (χ1n) is 9.33. The fourth-order valence-electron chi connectivity index (χ4n) is 3.68. The van der Waals surface area contributed by atoms with Gasteiger partial charge in [-0.3, -0.25) is 14.4 Å². The standard InChI is InChI=1S/C18H30N2O4/c21-16(8-4-5-9-18(23)24)19-10-12-20(13-11-19)17(22)14-15-6-2-1-3-7-15/h15H,1-14H2,(H,23,24). The molecule has 6 nitrogen and oxygen atoms in total. The van der Waals surface area contributed by atoms with Crippen LogP contribution in [0.1, 0.15) is 64.2 Å². The summed E-state index contributed by atoms with van der Waals surface area (Å²) in [4.78, 5) is 38.7. The smallest absolute Gasteiger partial charge is 0.303 e. The van der Waals surface area contributed by atoms with Gasteiger partial charge in [-0.05, 0) is 31.6 Å². The van der Waals surface area contributed by atoms with Crippen LogP contribution < -0.4 is 0 Å². The largest absolute Gasteiger partial charge is 0.481 e. The molecule has 1 aliphatic heterocycles. The van der Waals surface area contributed by atoms with Gasteiger partial charge in [-0.2, -0.15) is 0 Å². The summed E-state index contributed by atoms with van der Waals surface area (Å²) < 4.78 is 0. The Bertz CT molecular complexity index is 438. The van der Waals surface area contributed by atoms with E-state index in [4.69, 9.17) is 5.11 Å². The molecule has 1 saturated carbocycles. The third-order valence-corrected chi connectivity index (χ3v) is 5.20. The average molecular weight is 338 g/mol. The zero-order chi connectivity index (χ0) is 17.4. The monoisotopic (exact) mass is 338 g/mol. The number of hydrogen-bond acceptors (Lipinski definition) is 3. The Hall–Kier alpha value is -1.59. The van der Waals surface area contributed by atoms with E-state index in [0.29, 0.717) is 57.8 Å².